The van der Waals surface area contributed by atoms with E-state index in [1.807, 2.05) is 32.0 Å². The van der Waals surface area contributed by atoms with Crippen LogP contribution in [0.3, 0.4) is 0 Å². The lowest BCUT2D eigenvalue weighted by Gasteiger charge is -2.17. The van der Waals surface area contributed by atoms with Gasteiger partial charge >= 0.3 is 0 Å². The number of carbonyl (C=O) groups is 1. The number of hydrogen-bond acceptors (Lipinski definition) is 4. The van der Waals surface area contributed by atoms with Gasteiger partial charge in [-0.05, 0) is 54.4 Å². The summed E-state index contributed by atoms with van der Waals surface area (Å²) in [6.07, 6.45) is -0.714. The van der Waals surface area contributed by atoms with E-state index in [0.717, 1.165) is 11.1 Å². The standard InChI is InChI=1S/C17H17BrN2O4/c1-10-4-7-16(11(2)8-10)24-12(3)17(21)19-15-6-5-13(20(22)23)9-14(15)18/h4-9,12H,1-3H3,(H,19,21). The topological polar surface area (TPSA) is 81.5 Å². The molecule has 2 aromatic carbocycles. The van der Waals surface area contributed by atoms with Crippen molar-refractivity contribution in [2.45, 2.75) is 26.9 Å². The summed E-state index contributed by atoms with van der Waals surface area (Å²) >= 11 is 3.22. The Hall–Kier alpha value is -2.41. The van der Waals surface area contributed by atoms with Crippen LogP contribution in [0.5, 0.6) is 5.75 Å². The fraction of sp³-hybridized carbons (Fsp3) is 0.235. The average molecular weight is 393 g/mol. The minimum absolute atomic E-state index is 0.0561. The smallest absolute Gasteiger partial charge is 0.270 e. The van der Waals surface area contributed by atoms with Crippen molar-refractivity contribution < 1.29 is 14.5 Å². The first-order chi connectivity index (χ1) is 11.3. The Balaban J connectivity index is 2.07. The maximum atomic E-state index is 12.3. The van der Waals surface area contributed by atoms with E-state index in [9.17, 15) is 14.9 Å². The molecular weight excluding hydrogens is 376 g/mol. The third-order valence-corrected chi connectivity index (χ3v) is 4.08. The highest BCUT2D eigenvalue weighted by Gasteiger charge is 2.18. The zero-order chi connectivity index (χ0) is 17.9. The number of rotatable bonds is 5. The van der Waals surface area contributed by atoms with Crippen molar-refractivity contribution in [1.82, 2.24) is 0 Å². The number of nitro benzene ring substituents is 1. The number of carbonyl (C=O) groups excluding carboxylic acids is 1. The number of nitrogens with one attached hydrogen (secondary N) is 1. The summed E-state index contributed by atoms with van der Waals surface area (Å²) < 4.78 is 6.13. The second-order valence-corrected chi connectivity index (χ2v) is 6.29. The third kappa shape index (κ3) is 4.32. The van der Waals surface area contributed by atoms with Gasteiger partial charge in [0, 0.05) is 16.6 Å². The fourth-order valence-corrected chi connectivity index (χ4v) is 2.59. The molecule has 126 valence electrons. The normalized spacial score (nSPS) is 11.7. The second-order valence-electron chi connectivity index (χ2n) is 5.44. The van der Waals surface area contributed by atoms with Crippen LogP contribution in [0.4, 0.5) is 11.4 Å². The number of ether oxygens (including phenoxy) is 1. The minimum atomic E-state index is -0.714. The molecule has 0 radical (unpaired) electrons. The van der Waals surface area contributed by atoms with Crippen LogP contribution in [0.2, 0.25) is 0 Å². The molecule has 0 fully saturated rings. The fourth-order valence-electron chi connectivity index (χ4n) is 2.13. The van der Waals surface area contributed by atoms with Gasteiger partial charge in [-0.25, -0.2) is 0 Å². The van der Waals surface area contributed by atoms with E-state index in [1.165, 1.54) is 18.2 Å². The van der Waals surface area contributed by atoms with E-state index in [0.29, 0.717) is 15.9 Å². The molecule has 0 saturated carbocycles. The molecule has 0 aliphatic carbocycles. The van der Waals surface area contributed by atoms with E-state index < -0.39 is 11.0 Å². The van der Waals surface area contributed by atoms with Gasteiger partial charge in [0.25, 0.3) is 11.6 Å². The number of hydrogen-bond donors (Lipinski definition) is 1. The number of nitro groups is 1. The zero-order valence-corrected chi connectivity index (χ0v) is 15.1. The third-order valence-electron chi connectivity index (χ3n) is 3.42. The molecule has 1 unspecified atom stereocenters. The first kappa shape index (κ1) is 17.9. The number of nitrogens with zero attached hydrogens (tertiary/aromatic N) is 1. The van der Waals surface area contributed by atoms with Crippen LogP contribution in [0.1, 0.15) is 18.1 Å². The lowest BCUT2D eigenvalue weighted by atomic mass is 10.1. The SMILES string of the molecule is Cc1ccc(OC(C)C(=O)Nc2ccc([N+](=O)[O-])cc2Br)c(C)c1. The molecule has 1 atom stereocenters. The predicted octanol–water partition coefficient (Wildman–Crippen LogP) is 4.38. The van der Waals surface area contributed by atoms with Crippen LogP contribution in [0.25, 0.3) is 0 Å². The van der Waals surface area contributed by atoms with Crippen LogP contribution in [0, 0.1) is 24.0 Å². The summed E-state index contributed by atoms with van der Waals surface area (Å²) in [5.41, 5.74) is 2.46. The quantitative estimate of drug-likeness (QED) is 0.604. The molecule has 1 N–H and O–H groups in total. The highest BCUT2D eigenvalue weighted by atomic mass is 79.9. The molecule has 6 nitrogen and oxygen atoms in total. The average Bonchev–Trinajstić information content (AvgIpc) is 2.51. The van der Waals surface area contributed by atoms with E-state index >= 15 is 0 Å². The van der Waals surface area contributed by atoms with Gasteiger partial charge in [-0.3, -0.25) is 14.9 Å². The van der Waals surface area contributed by atoms with Gasteiger partial charge in [-0.2, -0.15) is 0 Å². The molecule has 0 aliphatic heterocycles. The molecule has 0 spiro atoms. The molecule has 2 rings (SSSR count). The lowest BCUT2D eigenvalue weighted by Crippen LogP contribution is -2.30. The summed E-state index contributed by atoms with van der Waals surface area (Å²) in [5.74, 6) is 0.301. The first-order valence-electron chi connectivity index (χ1n) is 7.26. The van der Waals surface area contributed by atoms with E-state index in [2.05, 4.69) is 21.2 Å². The van der Waals surface area contributed by atoms with Crippen LogP contribution in [0.15, 0.2) is 40.9 Å². The highest BCUT2D eigenvalue weighted by molar-refractivity contribution is 9.10. The van der Waals surface area contributed by atoms with E-state index in [1.54, 1.807) is 6.92 Å². The second kappa shape index (κ2) is 7.44. The van der Waals surface area contributed by atoms with Crippen molar-refractivity contribution in [1.29, 1.82) is 0 Å². The van der Waals surface area contributed by atoms with Gasteiger partial charge < -0.3 is 10.1 Å². The maximum Gasteiger partial charge on any atom is 0.270 e. The molecule has 0 aliphatic rings. The highest BCUT2D eigenvalue weighted by Crippen LogP contribution is 2.27. The van der Waals surface area contributed by atoms with Gasteiger partial charge in [-0.15, -0.1) is 0 Å². The lowest BCUT2D eigenvalue weighted by molar-refractivity contribution is -0.384. The Bertz CT molecular complexity index is 792. The van der Waals surface area contributed by atoms with Crippen LogP contribution >= 0.6 is 15.9 Å². The Labute approximate surface area is 148 Å². The van der Waals surface area contributed by atoms with E-state index in [4.69, 9.17) is 4.74 Å². The van der Waals surface area contributed by atoms with Crippen molar-refractivity contribution >= 4 is 33.2 Å². The van der Waals surface area contributed by atoms with Gasteiger partial charge in [0.2, 0.25) is 0 Å². The zero-order valence-electron chi connectivity index (χ0n) is 13.5. The van der Waals surface area contributed by atoms with Crippen LogP contribution in [-0.2, 0) is 4.79 Å². The number of aryl methyl sites for hydroxylation is 2. The Morgan fingerprint density at radius 3 is 2.54 bits per heavy atom. The summed E-state index contributed by atoms with van der Waals surface area (Å²) in [4.78, 5) is 22.5. The minimum Gasteiger partial charge on any atom is -0.481 e. The van der Waals surface area contributed by atoms with Gasteiger partial charge in [0.15, 0.2) is 6.10 Å². The number of anilines is 1. The summed E-state index contributed by atoms with van der Waals surface area (Å²) in [5, 5.41) is 13.4. The molecule has 24 heavy (non-hydrogen) atoms. The molecule has 0 bridgehead atoms. The van der Waals surface area contributed by atoms with Gasteiger partial charge in [0.05, 0.1) is 10.6 Å². The van der Waals surface area contributed by atoms with Crippen molar-refractivity contribution in [3.63, 3.8) is 0 Å². The molecular formula is C17H17BrN2O4. The summed E-state index contributed by atoms with van der Waals surface area (Å²) in [7, 11) is 0. The molecule has 2 aromatic rings. The van der Waals surface area contributed by atoms with E-state index in [-0.39, 0.29) is 11.6 Å². The first-order valence-corrected chi connectivity index (χ1v) is 8.06. The van der Waals surface area contributed by atoms with Crippen molar-refractivity contribution in [3.05, 3.63) is 62.1 Å². The molecule has 7 heteroatoms. The number of non-ortho nitro benzene ring substituents is 1. The molecule has 0 saturated heterocycles. The predicted molar refractivity (Wildman–Crippen MR) is 95.4 cm³/mol. The Morgan fingerprint density at radius 1 is 1.25 bits per heavy atom. The van der Waals surface area contributed by atoms with Crippen molar-refractivity contribution in [3.8, 4) is 5.75 Å². The Kier molecular flexibility index (Phi) is 5.56. The number of benzene rings is 2. The summed E-state index contributed by atoms with van der Waals surface area (Å²) in [6.45, 7) is 5.55. The number of halogens is 1. The largest absolute Gasteiger partial charge is 0.481 e. The number of amides is 1. The van der Waals surface area contributed by atoms with Gasteiger partial charge in [-0.1, -0.05) is 17.7 Å². The van der Waals surface area contributed by atoms with Crippen molar-refractivity contribution in [2.24, 2.45) is 0 Å². The monoisotopic (exact) mass is 392 g/mol. The summed E-state index contributed by atoms with van der Waals surface area (Å²) in [6, 6.07) is 9.87. The maximum absolute atomic E-state index is 12.3. The van der Waals surface area contributed by atoms with Crippen LogP contribution < -0.4 is 10.1 Å². The Morgan fingerprint density at radius 2 is 1.96 bits per heavy atom. The molecule has 0 aromatic heterocycles. The molecule has 0 heterocycles. The molecule has 1 amide bonds. The van der Waals surface area contributed by atoms with Gasteiger partial charge in [0.1, 0.15) is 5.75 Å². The van der Waals surface area contributed by atoms with Crippen molar-refractivity contribution in [2.75, 3.05) is 5.32 Å². The van der Waals surface area contributed by atoms with Crippen LogP contribution in [-0.4, -0.2) is 16.9 Å².